The summed E-state index contributed by atoms with van der Waals surface area (Å²) in [6.45, 7) is 4.38. The maximum absolute atomic E-state index is 12.6. The number of fused-ring (bicyclic) bond motifs is 3. The number of rotatable bonds is 6. The second kappa shape index (κ2) is 7.86. The Morgan fingerprint density at radius 1 is 1.21 bits per heavy atom. The minimum Gasteiger partial charge on any atom is -0.488 e. The zero-order valence-electron chi connectivity index (χ0n) is 16.1. The van der Waals surface area contributed by atoms with Gasteiger partial charge in [0, 0.05) is 19.6 Å². The summed E-state index contributed by atoms with van der Waals surface area (Å²) < 4.78 is 11.3. The van der Waals surface area contributed by atoms with Crippen LogP contribution in [-0.2, 0) is 13.2 Å². The number of ether oxygens (including phenoxy) is 1. The van der Waals surface area contributed by atoms with E-state index in [-0.39, 0.29) is 12.5 Å². The molecule has 1 N–H and O–H groups in total. The van der Waals surface area contributed by atoms with E-state index in [1.165, 1.54) is 5.56 Å². The third-order valence-electron chi connectivity index (χ3n) is 4.83. The Labute approximate surface area is 164 Å². The summed E-state index contributed by atoms with van der Waals surface area (Å²) in [6.07, 6.45) is 0. The van der Waals surface area contributed by atoms with E-state index in [4.69, 9.17) is 9.26 Å². The lowest BCUT2D eigenvalue weighted by Gasteiger charge is -2.18. The van der Waals surface area contributed by atoms with Crippen molar-refractivity contribution in [3.05, 3.63) is 70.9 Å². The molecule has 0 fully saturated rings. The number of carbonyl (C=O) groups excluding carboxylic acids is 1. The Hall–Kier alpha value is -3.12. The molecule has 0 unspecified atom stereocenters. The molecule has 144 valence electrons. The number of benzene rings is 2. The first-order valence-corrected chi connectivity index (χ1v) is 9.35. The molecule has 0 aliphatic carbocycles. The van der Waals surface area contributed by atoms with Crippen molar-refractivity contribution in [3.63, 3.8) is 0 Å². The van der Waals surface area contributed by atoms with Crippen molar-refractivity contribution in [3.8, 4) is 17.1 Å². The van der Waals surface area contributed by atoms with Crippen LogP contribution >= 0.6 is 0 Å². The molecule has 0 bridgehead atoms. The molecule has 0 saturated heterocycles. The molecule has 1 aromatic heterocycles. The van der Waals surface area contributed by atoms with Crippen molar-refractivity contribution in [1.29, 1.82) is 0 Å². The maximum Gasteiger partial charge on any atom is 0.273 e. The van der Waals surface area contributed by atoms with Gasteiger partial charge in [0.15, 0.2) is 11.5 Å². The van der Waals surface area contributed by atoms with Crippen LogP contribution in [0.4, 0.5) is 0 Å². The van der Waals surface area contributed by atoms with Crippen LogP contribution in [0.1, 0.15) is 27.2 Å². The Balaban J connectivity index is 1.38. The summed E-state index contributed by atoms with van der Waals surface area (Å²) >= 11 is 0. The zero-order valence-corrected chi connectivity index (χ0v) is 16.1. The summed E-state index contributed by atoms with van der Waals surface area (Å²) in [5.74, 6) is 1.14. The van der Waals surface area contributed by atoms with Crippen LogP contribution < -0.4 is 10.1 Å². The van der Waals surface area contributed by atoms with Crippen molar-refractivity contribution in [2.24, 2.45) is 0 Å². The van der Waals surface area contributed by atoms with Gasteiger partial charge in [0.25, 0.3) is 5.91 Å². The van der Waals surface area contributed by atoms with Gasteiger partial charge in [-0.15, -0.1) is 0 Å². The predicted molar refractivity (Wildman–Crippen MR) is 106 cm³/mol. The summed E-state index contributed by atoms with van der Waals surface area (Å²) in [5, 5.41) is 6.94. The minimum atomic E-state index is -0.238. The van der Waals surface area contributed by atoms with Crippen LogP contribution in [0.15, 0.2) is 53.1 Å². The molecule has 0 atom stereocenters. The second-order valence-corrected chi connectivity index (χ2v) is 7.11. The fraction of sp³-hybridized carbons (Fsp3) is 0.273. The van der Waals surface area contributed by atoms with Crippen LogP contribution in [0.5, 0.6) is 5.75 Å². The number of aromatic nitrogens is 1. The van der Waals surface area contributed by atoms with Crippen LogP contribution in [0, 0.1) is 6.92 Å². The normalized spacial score (nSPS) is 12.2. The zero-order chi connectivity index (χ0) is 19.5. The molecule has 0 saturated carbocycles. The van der Waals surface area contributed by atoms with E-state index < -0.39 is 0 Å². The topological polar surface area (TPSA) is 67.6 Å². The van der Waals surface area contributed by atoms with Gasteiger partial charge in [-0.3, -0.25) is 4.79 Å². The van der Waals surface area contributed by atoms with E-state index >= 15 is 0 Å². The predicted octanol–water partition coefficient (Wildman–Crippen LogP) is 3.40. The van der Waals surface area contributed by atoms with Gasteiger partial charge in [-0.2, -0.15) is 0 Å². The number of amides is 1. The third kappa shape index (κ3) is 3.77. The molecule has 4 rings (SSSR count). The molecular weight excluding hydrogens is 354 g/mol. The highest BCUT2D eigenvalue weighted by Crippen LogP contribution is 2.39. The number of hydrogen-bond donors (Lipinski definition) is 1. The lowest BCUT2D eigenvalue weighted by atomic mass is 10.0. The molecule has 2 heterocycles. The second-order valence-electron chi connectivity index (χ2n) is 7.11. The van der Waals surface area contributed by atoms with Gasteiger partial charge in [-0.25, -0.2) is 0 Å². The van der Waals surface area contributed by atoms with Gasteiger partial charge in [-0.1, -0.05) is 47.1 Å². The van der Waals surface area contributed by atoms with Gasteiger partial charge in [0.1, 0.15) is 12.4 Å². The third-order valence-corrected chi connectivity index (χ3v) is 4.83. The van der Waals surface area contributed by atoms with Crippen LogP contribution in [0.2, 0.25) is 0 Å². The number of carbonyl (C=O) groups is 1. The fourth-order valence-corrected chi connectivity index (χ4v) is 3.35. The van der Waals surface area contributed by atoms with Gasteiger partial charge >= 0.3 is 0 Å². The van der Waals surface area contributed by atoms with E-state index in [9.17, 15) is 4.79 Å². The molecule has 1 aliphatic heterocycles. The molecule has 0 radical (unpaired) electrons. The Bertz CT molecular complexity index is 982. The van der Waals surface area contributed by atoms with Gasteiger partial charge in [-0.05, 0) is 31.7 Å². The summed E-state index contributed by atoms with van der Waals surface area (Å²) in [5.41, 5.74) is 4.18. The number of nitrogens with zero attached hydrogens (tertiary/aromatic N) is 2. The molecular formula is C22H23N3O3. The van der Waals surface area contributed by atoms with Crippen LogP contribution in [-0.4, -0.2) is 36.1 Å². The van der Waals surface area contributed by atoms with E-state index in [0.717, 1.165) is 30.0 Å². The average Bonchev–Trinajstić information content (AvgIpc) is 3.13. The number of hydrogen-bond acceptors (Lipinski definition) is 5. The molecule has 6 heteroatoms. The highest BCUT2D eigenvalue weighted by molar-refractivity contribution is 5.95. The van der Waals surface area contributed by atoms with Gasteiger partial charge in [0.2, 0.25) is 0 Å². The monoisotopic (exact) mass is 377 g/mol. The van der Waals surface area contributed by atoms with E-state index in [0.29, 0.717) is 23.6 Å². The van der Waals surface area contributed by atoms with Gasteiger partial charge < -0.3 is 19.5 Å². The molecule has 28 heavy (non-hydrogen) atoms. The van der Waals surface area contributed by atoms with Crippen molar-refractivity contribution in [1.82, 2.24) is 15.4 Å². The molecule has 1 aliphatic rings. The largest absolute Gasteiger partial charge is 0.488 e. The number of nitrogens with one attached hydrogen (secondary N) is 1. The van der Waals surface area contributed by atoms with Crippen LogP contribution in [0.25, 0.3) is 11.3 Å². The standard InChI is InChI=1S/C22H23N3O3/c1-15-8-9-19-17(12-15)21-18(14-27-19)20(24-28-21)22(26)23-10-11-25(2)13-16-6-4-3-5-7-16/h3-9,12H,10-11,13-14H2,1-2H3,(H,23,26). The Kier molecular flexibility index (Phi) is 5.12. The Morgan fingerprint density at radius 3 is 2.86 bits per heavy atom. The van der Waals surface area contributed by atoms with E-state index in [1.807, 2.05) is 50.4 Å². The molecule has 2 aromatic carbocycles. The SMILES string of the molecule is Cc1ccc2c(c1)-c1onc(C(=O)NCCN(C)Cc3ccccc3)c1CO2. The van der Waals surface area contributed by atoms with Crippen molar-refractivity contribution < 1.29 is 14.1 Å². The summed E-state index contributed by atoms with van der Waals surface area (Å²) in [4.78, 5) is 14.8. The van der Waals surface area contributed by atoms with E-state index in [2.05, 4.69) is 27.5 Å². The van der Waals surface area contributed by atoms with E-state index in [1.54, 1.807) is 0 Å². The molecule has 6 nitrogen and oxygen atoms in total. The highest BCUT2D eigenvalue weighted by atomic mass is 16.5. The van der Waals surface area contributed by atoms with Crippen molar-refractivity contribution in [2.45, 2.75) is 20.1 Å². The fourth-order valence-electron chi connectivity index (χ4n) is 3.35. The first-order valence-electron chi connectivity index (χ1n) is 9.35. The summed E-state index contributed by atoms with van der Waals surface area (Å²) in [7, 11) is 2.03. The average molecular weight is 377 g/mol. The quantitative estimate of drug-likeness (QED) is 0.713. The maximum atomic E-state index is 12.6. The Morgan fingerprint density at radius 2 is 2.04 bits per heavy atom. The molecule has 0 spiro atoms. The first kappa shape index (κ1) is 18.3. The number of aryl methyl sites for hydroxylation is 1. The lowest BCUT2D eigenvalue weighted by Crippen LogP contribution is -2.33. The highest BCUT2D eigenvalue weighted by Gasteiger charge is 2.28. The van der Waals surface area contributed by atoms with Crippen molar-refractivity contribution >= 4 is 5.91 Å². The van der Waals surface area contributed by atoms with Crippen LogP contribution in [0.3, 0.4) is 0 Å². The minimum absolute atomic E-state index is 0.238. The summed E-state index contributed by atoms with van der Waals surface area (Å²) in [6, 6.07) is 16.1. The smallest absolute Gasteiger partial charge is 0.273 e. The van der Waals surface area contributed by atoms with Crippen molar-refractivity contribution in [2.75, 3.05) is 20.1 Å². The lowest BCUT2D eigenvalue weighted by molar-refractivity contribution is 0.0938. The number of likely N-dealkylation sites (N-methyl/N-ethyl adjacent to an activating group) is 1. The van der Waals surface area contributed by atoms with Gasteiger partial charge in [0.05, 0.1) is 11.1 Å². The molecule has 3 aromatic rings. The first-order chi connectivity index (χ1) is 13.6. The molecule has 1 amide bonds.